The van der Waals surface area contributed by atoms with Crippen LogP contribution < -0.4 is 5.32 Å². The van der Waals surface area contributed by atoms with E-state index in [4.69, 9.17) is 4.74 Å². The summed E-state index contributed by atoms with van der Waals surface area (Å²) in [6.45, 7) is 4.91. The summed E-state index contributed by atoms with van der Waals surface area (Å²) in [7, 11) is 0. The second-order valence-electron chi connectivity index (χ2n) is 6.35. The van der Waals surface area contributed by atoms with Crippen molar-refractivity contribution in [3.63, 3.8) is 0 Å². The number of carbonyl (C=O) groups excluding carboxylic acids is 1. The molecule has 2 amide bonds. The van der Waals surface area contributed by atoms with Gasteiger partial charge < -0.3 is 20.1 Å². The van der Waals surface area contributed by atoms with Crippen LogP contribution in [0.15, 0.2) is 0 Å². The lowest BCUT2D eigenvalue weighted by Gasteiger charge is -2.42. The Kier molecular flexibility index (Phi) is 4.68. The number of rotatable bonds is 2. The molecule has 2 N–H and O–H groups in total. The van der Waals surface area contributed by atoms with E-state index in [2.05, 4.69) is 5.32 Å². The highest BCUT2D eigenvalue weighted by molar-refractivity contribution is 5.74. The third-order valence-electron chi connectivity index (χ3n) is 3.90. The lowest BCUT2D eigenvalue weighted by Crippen LogP contribution is -2.58. The van der Waals surface area contributed by atoms with Crippen molar-refractivity contribution in [3.05, 3.63) is 0 Å². The average Bonchev–Trinajstić information content (AvgIpc) is 2.38. The molecule has 0 aromatic rings. The normalized spacial score (nSPS) is 28.2. The molecule has 5 nitrogen and oxygen atoms in total. The van der Waals surface area contributed by atoms with Gasteiger partial charge >= 0.3 is 6.03 Å². The van der Waals surface area contributed by atoms with Crippen LogP contribution >= 0.6 is 0 Å². The Bertz CT molecular complexity index is 314. The van der Waals surface area contributed by atoms with Crippen LogP contribution in [0.2, 0.25) is 0 Å². The Hall–Kier alpha value is -0.810. The maximum absolute atomic E-state index is 12.3. The quantitative estimate of drug-likeness (QED) is 0.799. The van der Waals surface area contributed by atoms with Crippen molar-refractivity contribution in [1.29, 1.82) is 0 Å². The van der Waals surface area contributed by atoms with Gasteiger partial charge in [0.25, 0.3) is 0 Å². The number of nitrogens with one attached hydrogen (secondary N) is 1. The number of hydrogen-bond acceptors (Lipinski definition) is 3. The third kappa shape index (κ3) is 4.08. The molecule has 1 unspecified atom stereocenters. The third-order valence-corrected chi connectivity index (χ3v) is 3.90. The van der Waals surface area contributed by atoms with Gasteiger partial charge in [-0.25, -0.2) is 4.79 Å². The summed E-state index contributed by atoms with van der Waals surface area (Å²) in [6.07, 6.45) is 5.59. The highest BCUT2D eigenvalue weighted by atomic mass is 16.5. The molecule has 1 aliphatic carbocycles. The van der Waals surface area contributed by atoms with E-state index in [0.29, 0.717) is 19.1 Å². The average molecular weight is 270 g/mol. The number of ether oxygens (including phenoxy) is 1. The number of morpholine rings is 1. The Morgan fingerprint density at radius 1 is 1.37 bits per heavy atom. The van der Waals surface area contributed by atoms with E-state index in [-0.39, 0.29) is 18.7 Å². The van der Waals surface area contributed by atoms with Crippen LogP contribution in [-0.4, -0.2) is 53.5 Å². The first kappa shape index (κ1) is 14.6. The number of carbonyl (C=O) groups is 1. The molecule has 2 fully saturated rings. The summed E-state index contributed by atoms with van der Waals surface area (Å²) in [5.41, 5.74) is -0.393. The SMILES string of the molecule is CC1(C)CN(C(=O)NC2CCCCC2)CC(CO)O1. The summed E-state index contributed by atoms with van der Waals surface area (Å²) in [4.78, 5) is 14.1. The smallest absolute Gasteiger partial charge is 0.317 e. The fourth-order valence-corrected chi connectivity index (χ4v) is 3.06. The van der Waals surface area contributed by atoms with Crippen molar-refractivity contribution in [3.8, 4) is 0 Å². The van der Waals surface area contributed by atoms with Crippen molar-refractivity contribution >= 4 is 6.03 Å². The highest BCUT2D eigenvalue weighted by Crippen LogP contribution is 2.22. The van der Waals surface area contributed by atoms with E-state index in [1.54, 1.807) is 4.90 Å². The van der Waals surface area contributed by atoms with Crippen molar-refractivity contribution in [2.75, 3.05) is 19.7 Å². The minimum absolute atomic E-state index is 0.0123. The monoisotopic (exact) mass is 270 g/mol. The number of amides is 2. The molecule has 2 aliphatic rings. The lowest BCUT2D eigenvalue weighted by atomic mass is 9.95. The van der Waals surface area contributed by atoms with Crippen LogP contribution in [0.25, 0.3) is 0 Å². The van der Waals surface area contributed by atoms with Gasteiger partial charge in [0, 0.05) is 6.04 Å². The first-order chi connectivity index (χ1) is 9.00. The Labute approximate surface area is 115 Å². The van der Waals surface area contributed by atoms with Crippen molar-refractivity contribution < 1.29 is 14.6 Å². The summed E-state index contributed by atoms with van der Waals surface area (Å²) in [5, 5.41) is 12.4. The molecule has 1 heterocycles. The molecular formula is C14H26N2O3. The maximum atomic E-state index is 12.3. The molecule has 110 valence electrons. The van der Waals surface area contributed by atoms with Gasteiger partial charge in [-0.3, -0.25) is 0 Å². The van der Waals surface area contributed by atoms with Gasteiger partial charge in [0.2, 0.25) is 0 Å². The number of urea groups is 1. The van der Waals surface area contributed by atoms with Crippen molar-refractivity contribution in [2.24, 2.45) is 0 Å². The molecule has 1 atom stereocenters. The largest absolute Gasteiger partial charge is 0.394 e. The van der Waals surface area contributed by atoms with Gasteiger partial charge in [-0.2, -0.15) is 0 Å². The summed E-state index contributed by atoms with van der Waals surface area (Å²) < 4.78 is 5.72. The highest BCUT2D eigenvalue weighted by Gasteiger charge is 2.35. The van der Waals surface area contributed by atoms with Gasteiger partial charge in [-0.05, 0) is 26.7 Å². The van der Waals surface area contributed by atoms with E-state index in [1.165, 1.54) is 19.3 Å². The molecule has 5 heteroatoms. The Morgan fingerprint density at radius 2 is 2.05 bits per heavy atom. The summed E-state index contributed by atoms with van der Waals surface area (Å²) in [5.74, 6) is 0. The predicted molar refractivity (Wildman–Crippen MR) is 73.0 cm³/mol. The van der Waals surface area contributed by atoms with Gasteiger partial charge in [0.15, 0.2) is 0 Å². The molecule has 1 saturated heterocycles. The summed E-state index contributed by atoms with van der Waals surface area (Å²) >= 11 is 0. The first-order valence-corrected chi connectivity index (χ1v) is 7.34. The second kappa shape index (κ2) is 6.09. The molecule has 19 heavy (non-hydrogen) atoms. The molecule has 1 aliphatic heterocycles. The number of nitrogens with zero attached hydrogens (tertiary/aromatic N) is 1. The molecule has 0 aromatic carbocycles. The van der Waals surface area contributed by atoms with Gasteiger partial charge in [0.05, 0.1) is 31.4 Å². The van der Waals surface area contributed by atoms with Crippen molar-refractivity contribution in [2.45, 2.75) is 63.7 Å². The predicted octanol–water partition coefficient (Wildman–Crippen LogP) is 1.50. The minimum Gasteiger partial charge on any atom is -0.394 e. The number of aliphatic hydroxyl groups excluding tert-OH is 1. The second-order valence-corrected chi connectivity index (χ2v) is 6.35. The van der Waals surface area contributed by atoms with Gasteiger partial charge in [0.1, 0.15) is 0 Å². The zero-order valence-electron chi connectivity index (χ0n) is 12.0. The standard InChI is InChI=1S/C14H26N2O3/c1-14(2)10-16(8-12(9-17)19-14)13(18)15-11-6-4-3-5-7-11/h11-12,17H,3-10H2,1-2H3,(H,15,18). The number of aliphatic hydroxyl groups is 1. The summed E-state index contributed by atoms with van der Waals surface area (Å²) in [6, 6.07) is 0.307. The molecular weight excluding hydrogens is 244 g/mol. The first-order valence-electron chi connectivity index (χ1n) is 7.34. The van der Waals surface area contributed by atoms with E-state index < -0.39 is 5.60 Å². The van der Waals surface area contributed by atoms with Gasteiger partial charge in [-0.1, -0.05) is 19.3 Å². The van der Waals surface area contributed by atoms with E-state index in [0.717, 1.165) is 12.8 Å². The van der Waals surface area contributed by atoms with Crippen LogP contribution in [0.1, 0.15) is 46.0 Å². The molecule has 2 rings (SSSR count). The fraction of sp³-hybridized carbons (Fsp3) is 0.929. The van der Waals surface area contributed by atoms with Crippen LogP contribution in [0, 0.1) is 0 Å². The number of hydrogen-bond donors (Lipinski definition) is 2. The molecule has 0 spiro atoms. The Balaban J connectivity index is 1.89. The maximum Gasteiger partial charge on any atom is 0.317 e. The zero-order valence-corrected chi connectivity index (χ0v) is 12.0. The van der Waals surface area contributed by atoms with E-state index in [9.17, 15) is 9.90 Å². The van der Waals surface area contributed by atoms with Gasteiger partial charge in [-0.15, -0.1) is 0 Å². The molecule has 0 aromatic heterocycles. The Morgan fingerprint density at radius 3 is 2.68 bits per heavy atom. The zero-order chi connectivity index (χ0) is 13.9. The van der Waals surface area contributed by atoms with Crippen molar-refractivity contribution in [1.82, 2.24) is 10.2 Å². The van der Waals surface area contributed by atoms with Crippen LogP contribution in [0.3, 0.4) is 0 Å². The fourth-order valence-electron chi connectivity index (χ4n) is 3.06. The lowest BCUT2D eigenvalue weighted by molar-refractivity contribution is -0.138. The molecule has 0 radical (unpaired) electrons. The van der Waals surface area contributed by atoms with Crippen LogP contribution in [0.4, 0.5) is 4.79 Å². The van der Waals surface area contributed by atoms with E-state index in [1.807, 2.05) is 13.8 Å². The topological polar surface area (TPSA) is 61.8 Å². The van der Waals surface area contributed by atoms with E-state index >= 15 is 0 Å². The minimum atomic E-state index is -0.393. The molecule has 1 saturated carbocycles. The van der Waals surface area contributed by atoms with Crippen LogP contribution in [-0.2, 0) is 4.74 Å². The molecule has 0 bridgehead atoms. The van der Waals surface area contributed by atoms with Crippen LogP contribution in [0.5, 0.6) is 0 Å².